The Morgan fingerprint density at radius 3 is 1.34 bits per heavy atom. The first-order valence-electron chi connectivity index (χ1n) is 44.0. The Kier molecular flexibility index (Phi) is 36.9. The lowest BCUT2D eigenvalue weighted by molar-refractivity contribution is -0.154. The molecule has 15 aliphatic rings. The van der Waals surface area contributed by atoms with E-state index in [9.17, 15) is 57.8 Å². The van der Waals surface area contributed by atoms with Gasteiger partial charge in [0.2, 0.25) is 17.9 Å². The zero-order valence-electron chi connectivity index (χ0n) is 70.7. The van der Waals surface area contributed by atoms with Crippen LogP contribution in [0.5, 0.6) is 0 Å². The zero-order chi connectivity index (χ0) is 84.3. The van der Waals surface area contributed by atoms with Crippen LogP contribution >= 0.6 is 12.4 Å². The molecule has 0 radical (unpaired) electrons. The van der Waals surface area contributed by atoms with Gasteiger partial charge in [-0.05, 0) is 278 Å². The van der Waals surface area contributed by atoms with Crippen molar-refractivity contribution in [2.45, 2.75) is 273 Å². The second-order valence-corrected chi connectivity index (χ2v) is 35.4. The van der Waals surface area contributed by atoms with Gasteiger partial charge in [-0.2, -0.15) is 0 Å². The van der Waals surface area contributed by atoms with E-state index in [2.05, 4.69) is 27.9 Å². The number of carbonyl (C=O) groups excluding carboxylic acids is 10. The van der Waals surface area contributed by atoms with Crippen LogP contribution in [0.15, 0.2) is 91.1 Å². The lowest BCUT2D eigenvalue weighted by Gasteiger charge is -2.26. The van der Waals surface area contributed by atoms with E-state index in [1.807, 2.05) is 86.7 Å². The monoisotopic (exact) mass is 1690 g/mol. The number of ketones is 2. The van der Waals surface area contributed by atoms with E-state index in [1.54, 1.807) is 0 Å². The van der Waals surface area contributed by atoms with Gasteiger partial charge in [0.15, 0.2) is 11.6 Å². The van der Waals surface area contributed by atoms with Crippen LogP contribution in [0, 0.1) is 118 Å². The van der Waals surface area contributed by atoms with Crippen molar-refractivity contribution in [2.24, 2.45) is 129 Å². The lowest BCUT2D eigenvalue weighted by Crippen LogP contribution is -2.47. The van der Waals surface area contributed by atoms with Crippen molar-refractivity contribution in [3.05, 3.63) is 108 Å². The number of carboxylic acids is 1. The molecule has 2 aliphatic heterocycles. The van der Waals surface area contributed by atoms with E-state index in [0.29, 0.717) is 60.9 Å². The SMILES string of the molecule is C.C.C.C.C.C=CCCC[C@@H]1C[C@H]1OC(=O)C[C@H](C(=O)O)C1C[C@@H]2C[C@@H]2C1.C=CCCC[C@@H]1C[C@H]1OC(=O)OC1C(=O)CCC1=O.COC(=O)[C@@H](C)C1C[C@@H]2C[C@@H]2C1.COC(=O)[C@@H](N)C1C[C@@H]2C[C@@H]2C1.C[C@H](C(=O)N1C(=O)OC[C@@H]1Cc1ccccc1)C1C[C@@H]2C[C@@H]2C1.Cl.[2H][2H].[2H][2H].[N-]=[N+]=N[C@H](C(=O)N1C(=O)OC[C@@H]1Cc1ccccc1)C1C[C@@H]2C[C@@H]2C1. The summed E-state index contributed by atoms with van der Waals surface area (Å²) in [5.74, 6) is 7.67. The fourth-order valence-corrected chi connectivity index (χ4v) is 20.0. The predicted octanol–water partition coefficient (Wildman–Crippen LogP) is 18.6. The number of aliphatic carboxylic acids is 1. The Morgan fingerprint density at radius 1 is 0.555 bits per heavy atom. The number of fused-ring (bicyclic) bond motifs is 5. The average molecular weight is 1690 g/mol. The van der Waals surface area contributed by atoms with Crippen molar-refractivity contribution in [1.29, 1.82) is 0 Å². The van der Waals surface area contributed by atoms with Crippen LogP contribution in [0.1, 0.15) is 235 Å². The van der Waals surface area contributed by atoms with Crippen molar-refractivity contribution >= 4 is 78.0 Å². The van der Waals surface area contributed by atoms with Gasteiger partial charge in [0.25, 0.3) is 0 Å². The lowest BCUT2D eigenvalue weighted by atomic mass is 9.86. The summed E-state index contributed by atoms with van der Waals surface area (Å²) >= 11 is 0. The first kappa shape index (κ1) is 96.3. The molecule has 0 aromatic heterocycles. The van der Waals surface area contributed by atoms with Gasteiger partial charge in [0.05, 0.1) is 44.6 Å². The van der Waals surface area contributed by atoms with E-state index in [1.165, 1.54) is 69.0 Å². The summed E-state index contributed by atoms with van der Waals surface area (Å²) in [5, 5.41) is 13.2. The minimum atomic E-state index is -1.23. The summed E-state index contributed by atoms with van der Waals surface area (Å²) in [4.78, 5) is 135. The second-order valence-electron chi connectivity index (χ2n) is 35.4. The highest BCUT2D eigenvalue weighted by Crippen LogP contribution is 2.60. The maximum absolute atomic E-state index is 13.0. The number of cyclic esters (lactones) is 2. The summed E-state index contributed by atoms with van der Waals surface area (Å²) in [6, 6.07) is 18.0. The summed E-state index contributed by atoms with van der Waals surface area (Å²) in [6.45, 7) is 11.8. The number of halogens is 1. The maximum Gasteiger partial charge on any atom is 0.509 e. The molecule has 666 valence electrons. The molecule has 3 N–H and O–H groups in total. The molecule has 17 rings (SSSR count). The molecule has 0 spiro atoms. The highest BCUT2D eigenvalue weighted by atomic mass is 35.5. The van der Waals surface area contributed by atoms with Crippen molar-refractivity contribution < 1.29 is 96.9 Å². The first-order chi connectivity index (χ1) is 56.4. The molecule has 13 aliphatic carbocycles. The van der Waals surface area contributed by atoms with Gasteiger partial charge in [-0.1, -0.05) is 129 Å². The van der Waals surface area contributed by atoms with Gasteiger partial charge in [-0.15, -0.1) is 25.6 Å². The summed E-state index contributed by atoms with van der Waals surface area (Å²) in [5.41, 5.74) is 16.8. The van der Waals surface area contributed by atoms with Crippen LogP contribution in [0.2, 0.25) is 0 Å². The molecular weight excluding hydrogens is 1540 g/mol. The molecule has 5 unspecified atom stereocenters. The summed E-state index contributed by atoms with van der Waals surface area (Å²) in [7, 11) is 2.88. The van der Waals surface area contributed by atoms with Gasteiger partial charge < -0.3 is 44.0 Å². The third-order valence-corrected chi connectivity index (χ3v) is 27.6. The normalized spacial score (nSPS) is 32.1. The fourth-order valence-electron chi connectivity index (χ4n) is 20.0. The molecule has 26 heteroatoms. The highest BCUT2D eigenvalue weighted by Gasteiger charge is 2.55. The Labute approximate surface area is 718 Å². The molecule has 119 heavy (non-hydrogen) atoms. The van der Waals surface area contributed by atoms with Crippen LogP contribution in [-0.4, -0.2) is 150 Å². The predicted molar refractivity (Wildman–Crippen MR) is 459 cm³/mol. The highest BCUT2D eigenvalue weighted by molar-refractivity contribution is 6.12. The van der Waals surface area contributed by atoms with Crippen LogP contribution in [-0.2, 0) is 84.4 Å². The van der Waals surface area contributed by atoms with Gasteiger partial charge in [0.1, 0.15) is 37.5 Å². The molecule has 26 atom stereocenters. The van der Waals surface area contributed by atoms with E-state index >= 15 is 0 Å². The molecule has 0 bridgehead atoms. The molecule has 4 amide bonds. The Morgan fingerprint density at radius 2 is 0.941 bits per heavy atom. The van der Waals surface area contributed by atoms with Gasteiger partial charge in [-0.25, -0.2) is 24.2 Å². The number of carboxylic acid groups (broad SMARTS) is 1. The number of allylic oxidation sites excluding steroid dienone is 2. The Hall–Kier alpha value is -8.15. The number of esters is 3. The minimum absolute atomic E-state index is 0. The number of nitrogens with two attached hydrogens (primary N) is 1. The minimum Gasteiger partial charge on any atom is -0.481 e. The van der Waals surface area contributed by atoms with E-state index in [0.717, 1.165) is 161 Å². The molecule has 2 saturated heterocycles. The van der Waals surface area contributed by atoms with E-state index in [4.69, 9.17) is 45.6 Å². The molecule has 25 nitrogen and oxygen atoms in total. The number of carbonyl (C=O) groups is 11. The average Bonchev–Trinajstić information content (AvgIpc) is 1.63. The Bertz CT molecular complexity index is 3740. The van der Waals surface area contributed by atoms with Crippen molar-refractivity contribution in [3.8, 4) is 0 Å². The van der Waals surface area contributed by atoms with Gasteiger partial charge in [0, 0.05) is 29.6 Å². The number of nitrogens with zero attached hydrogens (tertiary/aromatic N) is 5. The first-order valence-corrected chi connectivity index (χ1v) is 42.0. The number of amides is 4. The zero-order valence-corrected chi connectivity index (χ0v) is 67.5. The number of rotatable bonds is 28. The number of unbranched alkanes of at least 4 members (excludes halogenated alkanes) is 2. The number of Topliss-reactive ketones (excluding diaryl/α,β-unsaturated/α-hetero) is 2. The van der Waals surface area contributed by atoms with Crippen LogP contribution in [0.3, 0.4) is 0 Å². The molecule has 2 aromatic rings. The number of methoxy groups -OCH3 is 2. The number of azide groups is 1. The fraction of sp³-hybridized carbons (Fsp3) is 0.710. The molecular formula is C93H143ClN6O19. The molecule has 2 heterocycles. The number of benzene rings is 2. The van der Waals surface area contributed by atoms with E-state index < -0.39 is 48.3 Å². The topological polar surface area (TPSA) is 354 Å². The largest absolute Gasteiger partial charge is 0.509 e. The quantitative estimate of drug-likeness (QED) is 0.0117. The molecule has 13 saturated carbocycles. The molecule has 15 fully saturated rings. The van der Waals surface area contributed by atoms with Crippen molar-refractivity contribution in [2.75, 3.05) is 27.4 Å². The summed E-state index contributed by atoms with van der Waals surface area (Å²) in [6.07, 6.45) is 27.5. The number of hydrogen-bond acceptors (Lipinski definition) is 20. The number of imide groups is 2. The van der Waals surface area contributed by atoms with Crippen molar-refractivity contribution in [3.63, 3.8) is 0 Å². The van der Waals surface area contributed by atoms with Crippen molar-refractivity contribution in [1.82, 2.24) is 9.80 Å². The number of hydrogen-bond donors (Lipinski definition) is 2. The van der Waals surface area contributed by atoms with Crippen LogP contribution in [0.25, 0.3) is 10.4 Å². The van der Waals surface area contributed by atoms with Crippen LogP contribution < -0.4 is 5.73 Å². The third-order valence-electron chi connectivity index (χ3n) is 27.6. The maximum atomic E-state index is 13.0. The van der Waals surface area contributed by atoms with E-state index in [-0.39, 0.29) is 165 Å². The van der Waals surface area contributed by atoms with Gasteiger partial charge in [-0.3, -0.25) is 38.4 Å². The standard InChI is InChI=1S/C19H23NO3.C18H20N4O3.C18H26O4.C14H18O5.C10H16O2.C9H15NO2.5CH4.ClH.2H2/c1-12(14-8-15-10-16(15)9-14)18(21)20-17(11-23-19(20)22)7-13-5-3-2-4-6-13;19-21-20-16(14-8-12-7-13(12)9-14)17(23)22-15(10-25-18(22)24)6-11-4-2-1-3-5-11;1-2-3-4-5-11-9-16(11)22-17(19)10-15(18(20)21)14-7-12-6-13(12)8-14;1-2-3-4-5-9-8-12(9)18-14(17)19-13-10(15)6-7-11(13)16;1-6(10(11)12-2)7-3-8-5-9(8)4-7;1-12-9(11)8(10)7-3-5-2-6(5)4-7;;;;;;;;/h2-6,12,14-17H,7-11H2,1H3;1-5,12-16H,6-10H2;2,11-16H,1,3-10H2,(H,20,21);2,9,12-13H,1,3-8H2;6-9H,3-5H2,1-2H3;5-8H,2-4,10H2,1H3;5*1H4;3*1H/t12-,14?,15-,16+,17-;12-,13+,14?,15-,16-;11-,12-,13+,14?,15+,16-;9-,12-;6-,7?,8-,9+;5-,6+,7?,8-;;;;;;;;/m001100......../s1/i;;;;;;;;;;;;2*1+1D. The summed E-state index contributed by atoms with van der Waals surface area (Å²) < 4.78 is 55.0. The molecule has 2 aromatic carbocycles. The second kappa shape index (κ2) is 45.7. The third kappa shape index (κ3) is 26.9. The van der Waals surface area contributed by atoms with Crippen LogP contribution in [0.4, 0.5) is 14.4 Å². The van der Waals surface area contributed by atoms with Gasteiger partial charge >= 0.3 is 42.2 Å². The Balaban J connectivity index is 0.000000309. The smallest absolute Gasteiger partial charge is 0.481 e. The number of ether oxygens (including phenoxy) is 7.